The summed E-state index contributed by atoms with van der Waals surface area (Å²) in [6.07, 6.45) is 0.288. The Morgan fingerprint density at radius 3 is 1.79 bits per heavy atom. The van der Waals surface area contributed by atoms with Gasteiger partial charge in [-0.2, -0.15) is 0 Å². The fraction of sp³-hybridized carbons (Fsp3) is 0.750. The summed E-state index contributed by atoms with van der Waals surface area (Å²) in [5.41, 5.74) is -2.42. The Labute approximate surface area is 113 Å². The molecule has 0 aliphatic rings. The molecule has 0 spiro atoms. The van der Waals surface area contributed by atoms with E-state index in [1.807, 2.05) is 0 Å². The maximum atomic E-state index is 12.1. The maximum absolute atomic E-state index is 12.1. The van der Waals surface area contributed by atoms with Crippen LogP contribution in [0.5, 0.6) is 0 Å². The molecule has 7 heteroatoms. The SMILES string of the molecule is CCOC(=O)C(NC=O)([NH2+]C(C)(C)C)C(=O)OCC. The van der Waals surface area contributed by atoms with Crippen LogP contribution in [0, 0.1) is 0 Å². The summed E-state index contributed by atoms with van der Waals surface area (Å²) in [7, 11) is 0. The molecule has 0 aromatic heterocycles. The van der Waals surface area contributed by atoms with Crippen molar-refractivity contribution < 1.29 is 29.2 Å². The zero-order valence-electron chi connectivity index (χ0n) is 12.1. The van der Waals surface area contributed by atoms with Gasteiger partial charge in [-0.05, 0) is 34.6 Å². The first-order valence-corrected chi connectivity index (χ1v) is 6.16. The third-order valence-corrected chi connectivity index (χ3v) is 2.13. The minimum absolute atomic E-state index is 0.0957. The van der Waals surface area contributed by atoms with E-state index < -0.39 is 23.1 Å². The lowest BCUT2D eigenvalue weighted by Gasteiger charge is -2.31. The van der Waals surface area contributed by atoms with Crippen molar-refractivity contribution in [3.05, 3.63) is 0 Å². The van der Waals surface area contributed by atoms with E-state index in [-0.39, 0.29) is 19.6 Å². The van der Waals surface area contributed by atoms with Gasteiger partial charge in [-0.15, -0.1) is 0 Å². The van der Waals surface area contributed by atoms with Crippen molar-refractivity contribution >= 4 is 18.3 Å². The number of carbonyl (C=O) groups is 3. The summed E-state index contributed by atoms with van der Waals surface area (Å²) in [5, 5.41) is 3.66. The predicted octanol–water partition coefficient (Wildman–Crippen LogP) is -1.08. The first kappa shape index (κ1) is 17.4. The molecule has 1 amide bonds. The maximum Gasteiger partial charge on any atom is 0.403 e. The third-order valence-electron chi connectivity index (χ3n) is 2.13. The van der Waals surface area contributed by atoms with Crippen LogP contribution in [0.1, 0.15) is 34.6 Å². The van der Waals surface area contributed by atoms with Gasteiger partial charge in [0, 0.05) is 0 Å². The largest absolute Gasteiger partial charge is 0.459 e. The summed E-state index contributed by atoms with van der Waals surface area (Å²) < 4.78 is 9.76. The minimum Gasteiger partial charge on any atom is -0.459 e. The van der Waals surface area contributed by atoms with Gasteiger partial charge in [-0.25, -0.2) is 9.59 Å². The van der Waals surface area contributed by atoms with Gasteiger partial charge >= 0.3 is 17.6 Å². The molecule has 0 aliphatic carbocycles. The summed E-state index contributed by atoms with van der Waals surface area (Å²) >= 11 is 0. The molecule has 0 aromatic rings. The van der Waals surface area contributed by atoms with E-state index in [1.165, 1.54) is 5.32 Å². The average Bonchev–Trinajstić information content (AvgIpc) is 2.27. The number of rotatable bonds is 7. The molecule has 0 saturated heterocycles. The Morgan fingerprint density at radius 2 is 1.53 bits per heavy atom. The van der Waals surface area contributed by atoms with Gasteiger partial charge in [0.25, 0.3) is 0 Å². The van der Waals surface area contributed by atoms with Crippen LogP contribution in [0.25, 0.3) is 0 Å². The lowest BCUT2D eigenvalue weighted by atomic mass is 10.0. The van der Waals surface area contributed by atoms with Crippen LogP contribution in [0.15, 0.2) is 0 Å². The smallest absolute Gasteiger partial charge is 0.403 e. The third kappa shape index (κ3) is 4.86. The fourth-order valence-electron chi connectivity index (χ4n) is 1.59. The van der Waals surface area contributed by atoms with Crippen LogP contribution < -0.4 is 10.6 Å². The quantitative estimate of drug-likeness (QED) is 0.266. The number of hydrogen-bond donors (Lipinski definition) is 2. The van der Waals surface area contributed by atoms with E-state index >= 15 is 0 Å². The second-order valence-corrected chi connectivity index (χ2v) is 5.02. The number of nitrogens with two attached hydrogens (primary N) is 1. The lowest BCUT2D eigenvalue weighted by molar-refractivity contribution is -0.761. The molecule has 19 heavy (non-hydrogen) atoms. The predicted molar refractivity (Wildman–Crippen MR) is 66.9 cm³/mol. The van der Waals surface area contributed by atoms with Crippen LogP contribution in [0.4, 0.5) is 0 Å². The summed E-state index contributed by atoms with van der Waals surface area (Å²) in [6, 6.07) is 0. The molecule has 0 unspecified atom stereocenters. The highest BCUT2D eigenvalue weighted by molar-refractivity contribution is 6.03. The molecule has 0 bridgehead atoms. The number of quaternary nitrogens is 1. The Morgan fingerprint density at radius 1 is 1.11 bits per heavy atom. The molecule has 0 radical (unpaired) electrons. The molecule has 110 valence electrons. The van der Waals surface area contributed by atoms with Gasteiger partial charge in [0.05, 0.1) is 18.8 Å². The van der Waals surface area contributed by atoms with E-state index in [0.717, 1.165) is 0 Å². The fourth-order valence-corrected chi connectivity index (χ4v) is 1.59. The second-order valence-electron chi connectivity index (χ2n) is 5.02. The van der Waals surface area contributed by atoms with Gasteiger partial charge in [0.2, 0.25) is 6.41 Å². The number of esters is 2. The van der Waals surface area contributed by atoms with Crippen molar-refractivity contribution in [3.63, 3.8) is 0 Å². The average molecular weight is 275 g/mol. The highest BCUT2D eigenvalue weighted by Crippen LogP contribution is 2.05. The highest BCUT2D eigenvalue weighted by Gasteiger charge is 2.56. The normalized spacial score (nSPS) is 11.6. The molecule has 0 aromatic carbocycles. The molecule has 0 saturated carbocycles. The molecule has 7 nitrogen and oxygen atoms in total. The zero-order chi connectivity index (χ0) is 15.1. The van der Waals surface area contributed by atoms with E-state index in [1.54, 1.807) is 34.6 Å². The number of nitrogens with one attached hydrogen (secondary N) is 1. The van der Waals surface area contributed by atoms with Gasteiger partial charge in [-0.1, -0.05) is 0 Å². The van der Waals surface area contributed by atoms with Crippen molar-refractivity contribution in [2.75, 3.05) is 13.2 Å². The number of ether oxygens (including phenoxy) is 2. The summed E-state index contributed by atoms with van der Waals surface area (Å²) in [4.78, 5) is 34.9. The Kier molecular flexibility index (Phi) is 6.47. The van der Waals surface area contributed by atoms with Crippen molar-refractivity contribution in [1.29, 1.82) is 0 Å². The van der Waals surface area contributed by atoms with E-state index in [0.29, 0.717) is 0 Å². The van der Waals surface area contributed by atoms with Crippen molar-refractivity contribution in [2.45, 2.75) is 45.8 Å². The number of carbonyl (C=O) groups excluding carboxylic acids is 3. The molecule has 0 heterocycles. The molecular weight excluding hydrogens is 252 g/mol. The van der Waals surface area contributed by atoms with Crippen molar-refractivity contribution in [1.82, 2.24) is 5.32 Å². The van der Waals surface area contributed by atoms with Crippen molar-refractivity contribution in [2.24, 2.45) is 0 Å². The lowest BCUT2D eigenvalue weighted by Crippen LogP contribution is -3.11. The first-order chi connectivity index (χ1) is 8.73. The van der Waals surface area contributed by atoms with Crippen LogP contribution in [0.2, 0.25) is 0 Å². The van der Waals surface area contributed by atoms with E-state index in [9.17, 15) is 14.4 Å². The molecule has 0 aliphatic heterocycles. The molecular formula is C12H23N2O5+. The van der Waals surface area contributed by atoms with Gasteiger partial charge in [-0.3, -0.25) is 10.1 Å². The Balaban J connectivity index is 5.51. The number of amides is 1. The topological polar surface area (TPSA) is 98.3 Å². The van der Waals surface area contributed by atoms with Crippen LogP contribution in [-0.2, 0) is 23.9 Å². The van der Waals surface area contributed by atoms with Crippen LogP contribution in [0.3, 0.4) is 0 Å². The Bertz CT molecular complexity index is 318. The molecule has 3 N–H and O–H groups in total. The van der Waals surface area contributed by atoms with Gasteiger partial charge in [0.1, 0.15) is 0 Å². The monoisotopic (exact) mass is 275 g/mol. The van der Waals surface area contributed by atoms with Crippen LogP contribution in [-0.4, -0.2) is 42.8 Å². The number of hydrogen-bond acceptors (Lipinski definition) is 5. The highest BCUT2D eigenvalue weighted by atomic mass is 16.6. The van der Waals surface area contributed by atoms with Crippen LogP contribution >= 0.6 is 0 Å². The van der Waals surface area contributed by atoms with E-state index in [2.05, 4.69) is 5.32 Å². The molecule has 0 atom stereocenters. The Hall–Kier alpha value is -1.63. The molecule has 0 fully saturated rings. The molecule has 0 rings (SSSR count). The standard InChI is InChI=1S/C12H22N2O5/c1-6-18-9(16)12(13-8-15,10(17)19-7-2)14-11(3,4)5/h8,14H,6-7H2,1-5H3,(H,13,15)/p+1. The van der Waals surface area contributed by atoms with Crippen molar-refractivity contribution in [3.8, 4) is 0 Å². The zero-order valence-corrected chi connectivity index (χ0v) is 12.1. The second kappa shape index (κ2) is 7.08. The summed E-state index contributed by atoms with van der Waals surface area (Å²) in [6.45, 7) is 8.82. The van der Waals surface area contributed by atoms with Gasteiger partial charge in [0.15, 0.2) is 0 Å². The summed E-state index contributed by atoms with van der Waals surface area (Å²) in [5.74, 6) is -1.70. The van der Waals surface area contributed by atoms with Gasteiger partial charge < -0.3 is 14.8 Å². The first-order valence-electron chi connectivity index (χ1n) is 6.16. The minimum atomic E-state index is -1.91. The van der Waals surface area contributed by atoms with E-state index in [4.69, 9.17) is 9.47 Å².